The van der Waals surface area contributed by atoms with Crippen molar-refractivity contribution < 1.29 is 22.7 Å². The molecule has 3 aromatic rings. The Kier molecular flexibility index (Phi) is 6.98. The van der Waals surface area contributed by atoms with Crippen molar-refractivity contribution in [2.45, 2.75) is 24.7 Å². The van der Waals surface area contributed by atoms with E-state index < -0.39 is 16.0 Å². The molecule has 35 heavy (non-hydrogen) atoms. The van der Waals surface area contributed by atoms with E-state index in [-0.39, 0.29) is 27.9 Å². The number of carboxylic acid groups (broad SMARTS) is 1. The Bertz CT molecular complexity index is 1320. The molecule has 0 amide bonds. The first-order valence-corrected chi connectivity index (χ1v) is 12.9. The number of hydrogen-bond acceptors (Lipinski definition) is 5. The normalized spacial score (nSPS) is 14.3. The van der Waals surface area contributed by atoms with Crippen LogP contribution in [0.15, 0.2) is 71.6 Å². The van der Waals surface area contributed by atoms with Crippen molar-refractivity contribution in [2.24, 2.45) is 0 Å². The summed E-state index contributed by atoms with van der Waals surface area (Å²) >= 11 is 0. The maximum Gasteiger partial charge on any atom is 0.335 e. The molecular weight excluding hydrogens is 469 g/mol. The van der Waals surface area contributed by atoms with Crippen LogP contribution in [0, 0.1) is 5.82 Å². The number of benzene rings is 3. The Morgan fingerprint density at radius 3 is 2.09 bits per heavy atom. The number of aromatic carboxylic acids is 1. The molecule has 1 aliphatic heterocycles. The number of para-hydroxylation sites is 1. The van der Waals surface area contributed by atoms with Crippen LogP contribution >= 0.6 is 0 Å². The molecule has 7 nitrogen and oxygen atoms in total. The van der Waals surface area contributed by atoms with E-state index in [2.05, 4.69) is 4.72 Å². The third-order valence-electron chi connectivity index (χ3n) is 6.16. The van der Waals surface area contributed by atoms with Gasteiger partial charge in [-0.05, 0) is 53.9 Å². The largest absolute Gasteiger partial charge is 0.478 e. The summed E-state index contributed by atoms with van der Waals surface area (Å²) in [6.45, 7) is 6.14. The minimum Gasteiger partial charge on any atom is -0.478 e. The standard InChI is InChI=1S/C26H28FN3O4S/c1-18(2)19-7-10-21(11-8-19)35(33,34)28-23-17-20(26(31)32)9-12-25(23)30-15-13-29(14-16-30)24-6-4-3-5-22(24)27/h3-12,17-18,28H,13-16H2,1-2H3,(H,31,32). The Labute approximate surface area is 204 Å². The fourth-order valence-electron chi connectivity index (χ4n) is 4.16. The van der Waals surface area contributed by atoms with E-state index in [0.717, 1.165) is 5.56 Å². The number of sulfonamides is 1. The van der Waals surface area contributed by atoms with E-state index in [9.17, 15) is 22.7 Å². The second-order valence-corrected chi connectivity index (χ2v) is 10.5. The lowest BCUT2D eigenvalue weighted by Gasteiger charge is -2.38. The highest BCUT2D eigenvalue weighted by atomic mass is 32.2. The lowest BCUT2D eigenvalue weighted by atomic mass is 10.0. The van der Waals surface area contributed by atoms with Crippen molar-refractivity contribution in [2.75, 3.05) is 40.7 Å². The van der Waals surface area contributed by atoms with Crippen molar-refractivity contribution in [1.82, 2.24) is 0 Å². The van der Waals surface area contributed by atoms with Gasteiger partial charge in [0, 0.05) is 26.2 Å². The maximum absolute atomic E-state index is 14.2. The van der Waals surface area contributed by atoms with Crippen LogP contribution in [0.5, 0.6) is 0 Å². The molecule has 1 aliphatic rings. The first-order chi connectivity index (χ1) is 16.7. The summed E-state index contributed by atoms with van der Waals surface area (Å²) in [5.41, 5.74) is 2.29. The number of nitrogens with one attached hydrogen (secondary N) is 1. The third kappa shape index (κ3) is 5.40. The lowest BCUT2D eigenvalue weighted by Crippen LogP contribution is -2.47. The molecule has 1 heterocycles. The minimum absolute atomic E-state index is 0.0217. The molecule has 3 aromatic carbocycles. The lowest BCUT2D eigenvalue weighted by molar-refractivity contribution is 0.0697. The predicted octanol–water partition coefficient (Wildman–Crippen LogP) is 4.77. The zero-order valence-electron chi connectivity index (χ0n) is 19.6. The highest BCUT2D eigenvalue weighted by Crippen LogP contribution is 2.32. The number of hydrogen-bond donors (Lipinski definition) is 2. The topological polar surface area (TPSA) is 89.9 Å². The van der Waals surface area contributed by atoms with E-state index in [1.807, 2.05) is 23.6 Å². The molecule has 1 saturated heterocycles. The van der Waals surface area contributed by atoms with Crippen molar-refractivity contribution in [3.63, 3.8) is 0 Å². The van der Waals surface area contributed by atoms with Crippen molar-refractivity contribution >= 4 is 33.1 Å². The van der Waals surface area contributed by atoms with Gasteiger partial charge >= 0.3 is 5.97 Å². The van der Waals surface area contributed by atoms with E-state index in [0.29, 0.717) is 37.6 Å². The number of halogens is 1. The fraction of sp³-hybridized carbons (Fsp3) is 0.269. The van der Waals surface area contributed by atoms with Crippen LogP contribution in [-0.4, -0.2) is 45.7 Å². The van der Waals surface area contributed by atoms with Gasteiger partial charge in [-0.2, -0.15) is 0 Å². The van der Waals surface area contributed by atoms with Crippen molar-refractivity contribution in [3.05, 3.63) is 83.7 Å². The summed E-state index contributed by atoms with van der Waals surface area (Å²) in [5.74, 6) is -1.17. The zero-order valence-corrected chi connectivity index (χ0v) is 20.4. The molecular formula is C26H28FN3O4S. The van der Waals surface area contributed by atoms with Gasteiger partial charge < -0.3 is 14.9 Å². The second-order valence-electron chi connectivity index (χ2n) is 8.79. The van der Waals surface area contributed by atoms with E-state index in [1.54, 1.807) is 48.5 Å². The molecule has 4 rings (SSSR count). The Balaban J connectivity index is 1.59. The zero-order chi connectivity index (χ0) is 25.2. The summed E-state index contributed by atoms with van der Waals surface area (Å²) in [7, 11) is -3.95. The molecule has 0 bridgehead atoms. The van der Waals surface area contributed by atoms with Gasteiger partial charge in [-0.15, -0.1) is 0 Å². The SMILES string of the molecule is CC(C)c1ccc(S(=O)(=O)Nc2cc(C(=O)O)ccc2N2CCN(c3ccccc3F)CC2)cc1. The fourth-order valence-corrected chi connectivity index (χ4v) is 5.22. The van der Waals surface area contributed by atoms with Crippen LogP contribution in [-0.2, 0) is 10.0 Å². The molecule has 0 unspecified atom stereocenters. The Morgan fingerprint density at radius 2 is 1.51 bits per heavy atom. The van der Waals surface area contributed by atoms with Gasteiger partial charge in [0.2, 0.25) is 0 Å². The predicted molar refractivity (Wildman–Crippen MR) is 136 cm³/mol. The highest BCUT2D eigenvalue weighted by Gasteiger charge is 2.24. The van der Waals surface area contributed by atoms with Gasteiger partial charge in [-0.25, -0.2) is 17.6 Å². The van der Waals surface area contributed by atoms with E-state index >= 15 is 0 Å². The average Bonchev–Trinajstić information content (AvgIpc) is 2.84. The average molecular weight is 498 g/mol. The molecule has 0 radical (unpaired) electrons. The van der Waals surface area contributed by atoms with E-state index in [4.69, 9.17) is 0 Å². The monoisotopic (exact) mass is 497 g/mol. The van der Waals surface area contributed by atoms with Crippen LogP contribution in [0.3, 0.4) is 0 Å². The van der Waals surface area contributed by atoms with Gasteiger partial charge in [0.15, 0.2) is 0 Å². The van der Waals surface area contributed by atoms with Gasteiger partial charge in [-0.3, -0.25) is 4.72 Å². The molecule has 0 spiro atoms. The molecule has 184 valence electrons. The number of carboxylic acids is 1. The molecule has 1 fully saturated rings. The molecule has 2 N–H and O–H groups in total. The smallest absolute Gasteiger partial charge is 0.335 e. The molecule has 9 heteroatoms. The molecule has 0 aliphatic carbocycles. The summed E-state index contributed by atoms with van der Waals surface area (Å²) < 4.78 is 43.1. The van der Waals surface area contributed by atoms with Gasteiger partial charge in [0.1, 0.15) is 5.82 Å². The number of anilines is 3. The van der Waals surface area contributed by atoms with Crippen LogP contribution in [0.25, 0.3) is 0 Å². The number of rotatable bonds is 7. The maximum atomic E-state index is 14.2. The first kappa shape index (κ1) is 24.5. The first-order valence-electron chi connectivity index (χ1n) is 11.4. The van der Waals surface area contributed by atoms with Gasteiger partial charge in [0.25, 0.3) is 10.0 Å². The second kappa shape index (κ2) is 9.95. The van der Waals surface area contributed by atoms with Crippen molar-refractivity contribution in [3.8, 4) is 0 Å². The summed E-state index contributed by atoms with van der Waals surface area (Å²) in [4.78, 5) is 15.6. The number of nitrogens with zero attached hydrogens (tertiary/aromatic N) is 2. The summed E-state index contributed by atoms with van der Waals surface area (Å²) in [5, 5.41) is 9.46. The van der Waals surface area contributed by atoms with Crippen LogP contribution in [0.4, 0.5) is 21.5 Å². The Hall–Kier alpha value is -3.59. The van der Waals surface area contributed by atoms with Gasteiger partial charge in [-0.1, -0.05) is 38.1 Å². The van der Waals surface area contributed by atoms with Gasteiger partial charge in [0.05, 0.1) is 27.5 Å². The third-order valence-corrected chi connectivity index (χ3v) is 7.54. The molecule has 0 atom stereocenters. The quantitative estimate of drug-likeness (QED) is 0.489. The van der Waals surface area contributed by atoms with Crippen LogP contribution in [0.2, 0.25) is 0 Å². The molecule has 0 saturated carbocycles. The Morgan fingerprint density at radius 1 is 0.914 bits per heavy atom. The highest BCUT2D eigenvalue weighted by molar-refractivity contribution is 7.92. The minimum atomic E-state index is -3.95. The number of carbonyl (C=O) groups is 1. The van der Waals surface area contributed by atoms with E-state index in [1.165, 1.54) is 18.2 Å². The molecule has 0 aromatic heterocycles. The summed E-state index contributed by atoms with van der Waals surface area (Å²) in [6, 6.07) is 17.6. The number of piperazine rings is 1. The van der Waals surface area contributed by atoms with Crippen LogP contribution in [0.1, 0.15) is 35.7 Å². The summed E-state index contributed by atoms with van der Waals surface area (Å²) in [6.07, 6.45) is 0. The van der Waals surface area contributed by atoms with Crippen LogP contribution < -0.4 is 14.5 Å². The van der Waals surface area contributed by atoms with Crippen molar-refractivity contribution in [1.29, 1.82) is 0 Å².